The Labute approximate surface area is 153 Å². The molecule has 2 aromatic rings. The van der Waals surface area contributed by atoms with E-state index in [1.165, 1.54) is 5.56 Å². The van der Waals surface area contributed by atoms with Gasteiger partial charge in [0.05, 0.1) is 6.54 Å². The van der Waals surface area contributed by atoms with Gasteiger partial charge >= 0.3 is 0 Å². The van der Waals surface area contributed by atoms with E-state index in [1.54, 1.807) is 0 Å². The lowest BCUT2D eigenvalue weighted by Gasteiger charge is -2.31. The number of rotatable bonds is 5. The number of carbonyl (C=O) groups excluding carboxylic acids is 1. The lowest BCUT2D eigenvalue weighted by molar-refractivity contribution is -0.122. The van der Waals surface area contributed by atoms with Gasteiger partial charge in [0.15, 0.2) is 5.82 Å². The number of ether oxygens (including phenoxy) is 1. The van der Waals surface area contributed by atoms with Crippen LogP contribution in [-0.4, -0.2) is 40.4 Å². The van der Waals surface area contributed by atoms with Gasteiger partial charge in [0.2, 0.25) is 11.9 Å². The van der Waals surface area contributed by atoms with Gasteiger partial charge in [-0.3, -0.25) is 9.36 Å². The molecule has 3 heterocycles. The highest BCUT2D eigenvalue weighted by molar-refractivity contribution is 5.76. The zero-order chi connectivity index (χ0) is 17.9. The minimum Gasteiger partial charge on any atom is -0.370 e. The number of nitrogens with two attached hydrogens (primary N) is 1. The van der Waals surface area contributed by atoms with Crippen LogP contribution < -0.4 is 10.6 Å². The van der Waals surface area contributed by atoms with Crippen molar-refractivity contribution in [2.45, 2.75) is 38.3 Å². The first-order valence-corrected chi connectivity index (χ1v) is 9.35. The average Bonchev–Trinajstić information content (AvgIpc) is 3.32. The summed E-state index contributed by atoms with van der Waals surface area (Å²) in [5.41, 5.74) is 6.67. The summed E-state index contributed by atoms with van der Waals surface area (Å²) < 4.78 is 8.04. The topological polar surface area (TPSA) is 86.3 Å². The maximum absolute atomic E-state index is 11.4. The summed E-state index contributed by atoms with van der Waals surface area (Å²) in [7, 11) is 0. The van der Waals surface area contributed by atoms with Crippen LogP contribution in [0.15, 0.2) is 30.3 Å². The normalized spacial score (nSPS) is 21.2. The number of amides is 1. The Morgan fingerprint density at radius 1 is 1.15 bits per heavy atom. The van der Waals surface area contributed by atoms with Gasteiger partial charge in [-0.15, -0.1) is 10.2 Å². The molecule has 7 heteroatoms. The third kappa shape index (κ3) is 3.44. The summed E-state index contributed by atoms with van der Waals surface area (Å²) in [5.74, 6) is 1.53. The molecule has 1 atom stereocenters. The van der Waals surface area contributed by atoms with Gasteiger partial charge in [-0.05, 0) is 31.2 Å². The zero-order valence-corrected chi connectivity index (χ0v) is 14.9. The van der Waals surface area contributed by atoms with Gasteiger partial charge in [0.25, 0.3) is 0 Å². The number of anilines is 1. The van der Waals surface area contributed by atoms with Crippen LogP contribution in [0, 0.1) is 5.92 Å². The van der Waals surface area contributed by atoms with Crippen molar-refractivity contribution in [1.29, 1.82) is 0 Å². The molecule has 0 aliphatic carbocycles. The summed E-state index contributed by atoms with van der Waals surface area (Å²) in [4.78, 5) is 13.7. The van der Waals surface area contributed by atoms with E-state index < -0.39 is 0 Å². The lowest BCUT2D eigenvalue weighted by atomic mass is 9.96. The minimum absolute atomic E-state index is 0.0168. The Bertz CT molecular complexity index is 747. The predicted molar refractivity (Wildman–Crippen MR) is 97.6 cm³/mol. The van der Waals surface area contributed by atoms with Gasteiger partial charge in [0.1, 0.15) is 6.10 Å². The molecule has 7 nitrogen and oxygen atoms in total. The fourth-order valence-corrected chi connectivity index (χ4v) is 3.84. The van der Waals surface area contributed by atoms with Crippen molar-refractivity contribution in [3.05, 3.63) is 41.7 Å². The summed E-state index contributed by atoms with van der Waals surface area (Å²) >= 11 is 0. The molecule has 2 aliphatic rings. The largest absolute Gasteiger partial charge is 0.370 e. The molecule has 2 aliphatic heterocycles. The summed E-state index contributed by atoms with van der Waals surface area (Å²) in [6.07, 6.45) is 3.59. The molecule has 1 aromatic heterocycles. The summed E-state index contributed by atoms with van der Waals surface area (Å²) in [6, 6.07) is 10.3. The van der Waals surface area contributed by atoms with Crippen molar-refractivity contribution < 1.29 is 9.53 Å². The summed E-state index contributed by atoms with van der Waals surface area (Å²) in [6.45, 7) is 3.04. The fourth-order valence-electron chi connectivity index (χ4n) is 3.84. The highest BCUT2D eigenvalue weighted by Crippen LogP contribution is 2.31. The number of primary amides is 1. The van der Waals surface area contributed by atoms with Crippen molar-refractivity contribution in [2.24, 2.45) is 11.7 Å². The number of aromatic nitrogens is 3. The van der Waals surface area contributed by atoms with Crippen LogP contribution in [0.3, 0.4) is 0 Å². The quantitative estimate of drug-likeness (QED) is 0.885. The maximum Gasteiger partial charge on any atom is 0.227 e. The minimum atomic E-state index is -0.199. The number of piperidine rings is 1. The molecule has 26 heavy (non-hydrogen) atoms. The Hall–Kier alpha value is -2.41. The van der Waals surface area contributed by atoms with E-state index in [9.17, 15) is 4.79 Å². The van der Waals surface area contributed by atoms with Crippen molar-refractivity contribution in [3.8, 4) is 0 Å². The first-order valence-electron chi connectivity index (χ1n) is 9.35. The van der Waals surface area contributed by atoms with Crippen LogP contribution in [0.5, 0.6) is 0 Å². The third-order valence-corrected chi connectivity index (χ3v) is 5.34. The van der Waals surface area contributed by atoms with Crippen molar-refractivity contribution in [2.75, 3.05) is 24.6 Å². The molecule has 138 valence electrons. The van der Waals surface area contributed by atoms with Crippen molar-refractivity contribution >= 4 is 11.9 Å². The molecule has 2 saturated heterocycles. The fraction of sp³-hybridized carbons (Fsp3) is 0.526. The van der Waals surface area contributed by atoms with E-state index in [4.69, 9.17) is 10.5 Å². The monoisotopic (exact) mass is 355 g/mol. The van der Waals surface area contributed by atoms with Gasteiger partial charge in [-0.2, -0.15) is 0 Å². The highest BCUT2D eigenvalue weighted by Gasteiger charge is 2.30. The molecule has 1 amide bonds. The van der Waals surface area contributed by atoms with Crippen LogP contribution >= 0.6 is 0 Å². The van der Waals surface area contributed by atoms with Gasteiger partial charge in [-0.25, -0.2) is 0 Å². The Balaban J connectivity index is 1.60. The van der Waals surface area contributed by atoms with E-state index in [0.717, 1.165) is 57.2 Å². The number of nitrogens with zero attached hydrogens (tertiary/aromatic N) is 4. The second kappa shape index (κ2) is 7.45. The van der Waals surface area contributed by atoms with Crippen LogP contribution in [0.4, 0.5) is 5.95 Å². The molecule has 0 saturated carbocycles. The van der Waals surface area contributed by atoms with Crippen LogP contribution in [-0.2, 0) is 16.1 Å². The smallest absolute Gasteiger partial charge is 0.227 e. The van der Waals surface area contributed by atoms with Crippen molar-refractivity contribution in [1.82, 2.24) is 14.8 Å². The molecule has 0 bridgehead atoms. The molecule has 4 rings (SSSR count). The second-order valence-electron chi connectivity index (χ2n) is 7.10. The van der Waals surface area contributed by atoms with E-state index in [0.29, 0.717) is 6.54 Å². The van der Waals surface area contributed by atoms with Crippen molar-refractivity contribution in [3.63, 3.8) is 0 Å². The van der Waals surface area contributed by atoms with E-state index in [1.807, 2.05) is 18.2 Å². The number of carbonyl (C=O) groups is 1. The second-order valence-corrected chi connectivity index (χ2v) is 7.10. The molecule has 1 aromatic carbocycles. The third-order valence-electron chi connectivity index (χ3n) is 5.34. The summed E-state index contributed by atoms with van der Waals surface area (Å²) in [5, 5.41) is 8.97. The molecule has 2 fully saturated rings. The number of hydrogen-bond donors (Lipinski definition) is 1. The average molecular weight is 355 g/mol. The molecule has 0 spiro atoms. The van der Waals surface area contributed by atoms with E-state index in [2.05, 4.69) is 31.8 Å². The van der Waals surface area contributed by atoms with E-state index in [-0.39, 0.29) is 17.9 Å². The Morgan fingerprint density at radius 2 is 1.92 bits per heavy atom. The van der Waals surface area contributed by atoms with Crippen LogP contribution in [0.1, 0.15) is 43.2 Å². The highest BCUT2D eigenvalue weighted by atomic mass is 16.5. The van der Waals surface area contributed by atoms with Gasteiger partial charge in [0, 0.05) is 25.6 Å². The maximum atomic E-state index is 11.4. The molecule has 0 radical (unpaired) electrons. The van der Waals surface area contributed by atoms with E-state index >= 15 is 0 Å². The standard InChI is InChI=1S/C19H25N5O2/c20-17(25)15-8-10-23(11-9-15)19-22-21-18(16-7-4-12-26-16)24(19)13-14-5-2-1-3-6-14/h1-3,5-6,15-16H,4,7-13H2,(H2,20,25)/t16-/m1/s1. The Kier molecular flexibility index (Phi) is 4.88. The first kappa shape index (κ1) is 17.0. The van der Waals surface area contributed by atoms with Crippen LogP contribution in [0.2, 0.25) is 0 Å². The zero-order valence-electron chi connectivity index (χ0n) is 14.9. The SMILES string of the molecule is NC(=O)C1CCN(c2nnc([C@H]3CCCO3)n2Cc2ccccc2)CC1. The predicted octanol–water partition coefficient (Wildman–Crippen LogP) is 1.88. The van der Waals surface area contributed by atoms with Gasteiger partial charge < -0.3 is 15.4 Å². The molecular formula is C19H25N5O2. The Morgan fingerprint density at radius 3 is 2.58 bits per heavy atom. The van der Waals surface area contributed by atoms with Crippen LogP contribution in [0.25, 0.3) is 0 Å². The van der Waals surface area contributed by atoms with Gasteiger partial charge in [-0.1, -0.05) is 30.3 Å². The molecule has 0 unspecified atom stereocenters. The molecule has 2 N–H and O–H groups in total. The number of benzene rings is 1. The first-order chi connectivity index (χ1) is 12.7. The number of hydrogen-bond acceptors (Lipinski definition) is 5. The lowest BCUT2D eigenvalue weighted by Crippen LogP contribution is -2.39. The molecular weight excluding hydrogens is 330 g/mol.